The predicted octanol–water partition coefficient (Wildman–Crippen LogP) is 2.94. The maximum Gasteiger partial charge on any atom is 0.139 e. The van der Waals surface area contributed by atoms with Crippen LogP contribution >= 0.6 is 0 Å². The van der Waals surface area contributed by atoms with E-state index in [2.05, 4.69) is 56.8 Å². The highest BCUT2D eigenvalue weighted by Crippen LogP contribution is 2.24. The fourth-order valence-corrected chi connectivity index (χ4v) is 3.26. The van der Waals surface area contributed by atoms with Crippen molar-refractivity contribution in [1.82, 2.24) is 19.4 Å². The molecule has 5 nitrogen and oxygen atoms in total. The zero-order valence-corrected chi connectivity index (χ0v) is 14.4. The summed E-state index contributed by atoms with van der Waals surface area (Å²) in [6.45, 7) is 3.58. The summed E-state index contributed by atoms with van der Waals surface area (Å²) in [6.07, 6.45) is 7.77. The Bertz CT molecular complexity index is 813. The van der Waals surface area contributed by atoms with Crippen LogP contribution in [0.1, 0.15) is 0 Å². The molecule has 0 aliphatic carbocycles. The van der Waals surface area contributed by atoms with Crippen LogP contribution in [0.5, 0.6) is 0 Å². The Morgan fingerprint density at radius 1 is 1.08 bits per heavy atom. The Balaban J connectivity index is 1.53. The number of imidazole rings is 1. The molecule has 25 heavy (non-hydrogen) atoms. The van der Waals surface area contributed by atoms with Gasteiger partial charge in [0.05, 0.1) is 19.3 Å². The molecular formula is C20H22N4O. The average molecular weight is 334 g/mol. The Labute approximate surface area is 147 Å². The fraction of sp³-hybridized carbons (Fsp3) is 0.300. The highest BCUT2D eigenvalue weighted by atomic mass is 16.5. The van der Waals surface area contributed by atoms with Crippen molar-refractivity contribution in [3.63, 3.8) is 0 Å². The van der Waals surface area contributed by atoms with E-state index in [4.69, 9.17) is 4.74 Å². The minimum absolute atomic E-state index is 0.210. The molecule has 0 radical (unpaired) electrons. The van der Waals surface area contributed by atoms with Crippen molar-refractivity contribution in [1.29, 1.82) is 0 Å². The number of pyridine rings is 1. The van der Waals surface area contributed by atoms with Gasteiger partial charge in [0.25, 0.3) is 0 Å². The van der Waals surface area contributed by atoms with Gasteiger partial charge in [-0.05, 0) is 24.2 Å². The number of hydrogen-bond donors (Lipinski definition) is 0. The van der Waals surface area contributed by atoms with Crippen LogP contribution in [-0.4, -0.2) is 52.3 Å². The Hall–Kier alpha value is -2.50. The van der Waals surface area contributed by atoms with Gasteiger partial charge in [-0.15, -0.1) is 0 Å². The fourth-order valence-electron chi connectivity index (χ4n) is 3.26. The van der Waals surface area contributed by atoms with E-state index in [0.717, 1.165) is 48.8 Å². The van der Waals surface area contributed by atoms with Gasteiger partial charge in [-0.3, -0.25) is 4.98 Å². The molecule has 0 N–H and O–H groups in total. The number of benzene rings is 1. The lowest BCUT2D eigenvalue weighted by Gasteiger charge is -2.30. The molecule has 1 aromatic carbocycles. The topological polar surface area (TPSA) is 43.2 Å². The molecule has 1 saturated heterocycles. The Morgan fingerprint density at radius 2 is 1.92 bits per heavy atom. The molecule has 1 unspecified atom stereocenters. The summed E-state index contributed by atoms with van der Waals surface area (Å²) in [5.41, 5.74) is 3.39. The zero-order valence-electron chi connectivity index (χ0n) is 14.4. The van der Waals surface area contributed by atoms with Crippen LogP contribution in [-0.2, 0) is 11.3 Å². The average Bonchev–Trinajstić information content (AvgIpc) is 3.11. The molecule has 3 aromatic rings. The van der Waals surface area contributed by atoms with E-state index < -0.39 is 0 Å². The first-order valence-electron chi connectivity index (χ1n) is 8.62. The van der Waals surface area contributed by atoms with Gasteiger partial charge in [-0.25, -0.2) is 4.98 Å². The third-order valence-corrected chi connectivity index (χ3v) is 4.60. The Morgan fingerprint density at radius 3 is 2.68 bits per heavy atom. The molecule has 0 bridgehead atoms. The molecule has 1 aliphatic heterocycles. The third-order valence-electron chi connectivity index (χ3n) is 4.60. The van der Waals surface area contributed by atoms with Crippen molar-refractivity contribution in [3.05, 3.63) is 61.2 Å². The first kappa shape index (κ1) is 16.0. The normalized spacial score (nSPS) is 18.4. The van der Waals surface area contributed by atoms with E-state index in [1.807, 2.05) is 24.7 Å². The minimum Gasteiger partial charge on any atom is -0.374 e. The summed E-state index contributed by atoms with van der Waals surface area (Å²) in [6, 6.07) is 12.5. The lowest BCUT2D eigenvalue weighted by molar-refractivity contribution is -0.0272. The van der Waals surface area contributed by atoms with Crippen LogP contribution in [0, 0.1) is 0 Å². The molecule has 0 saturated carbocycles. The predicted molar refractivity (Wildman–Crippen MR) is 98.1 cm³/mol. The van der Waals surface area contributed by atoms with Crippen LogP contribution in [0.25, 0.3) is 22.5 Å². The summed E-state index contributed by atoms with van der Waals surface area (Å²) in [4.78, 5) is 11.1. The van der Waals surface area contributed by atoms with Crippen LogP contribution in [0.4, 0.5) is 0 Å². The van der Waals surface area contributed by atoms with Crippen LogP contribution in [0.3, 0.4) is 0 Å². The zero-order chi connectivity index (χ0) is 17.1. The molecule has 1 atom stereocenters. The van der Waals surface area contributed by atoms with Crippen LogP contribution in [0.2, 0.25) is 0 Å². The van der Waals surface area contributed by atoms with E-state index in [9.17, 15) is 0 Å². The number of morpholine rings is 1. The van der Waals surface area contributed by atoms with Gasteiger partial charge in [0.1, 0.15) is 5.82 Å². The molecule has 1 fully saturated rings. The van der Waals surface area contributed by atoms with Crippen molar-refractivity contribution >= 4 is 0 Å². The first-order chi connectivity index (χ1) is 12.3. The molecule has 3 heterocycles. The lowest BCUT2D eigenvalue weighted by Crippen LogP contribution is -2.41. The summed E-state index contributed by atoms with van der Waals surface area (Å²) in [5.74, 6) is 0.981. The standard InChI is InChI=1S/C20H22N4O/c1-23-11-12-25-19(14-23)15-24-10-9-22-20(24)17-6-4-16(5-7-17)18-3-2-8-21-13-18/h2-10,13,19H,11-12,14-15H2,1H3. The van der Waals surface area contributed by atoms with E-state index in [1.165, 1.54) is 0 Å². The maximum absolute atomic E-state index is 5.89. The van der Waals surface area contributed by atoms with Gasteiger partial charge in [0, 0.05) is 43.4 Å². The van der Waals surface area contributed by atoms with E-state index in [0.29, 0.717) is 0 Å². The van der Waals surface area contributed by atoms with Crippen LogP contribution in [0.15, 0.2) is 61.2 Å². The minimum atomic E-state index is 0.210. The second kappa shape index (κ2) is 7.17. The van der Waals surface area contributed by atoms with E-state index in [1.54, 1.807) is 6.20 Å². The van der Waals surface area contributed by atoms with Crippen molar-refractivity contribution in [2.24, 2.45) is 0 Å². The molecular weight excluding hydrogens is 312 g/mol. The second-order valence-electron chi connectivity index (χ2n) is 6.48. The SMILES string of the molecule is CN1CCOC(Cn2ccnc2-c2ccc(-c3cccnc3)cc2)C1. The van der Waals surface area contributed by atoms with E-state index in [-0.39, 0.29) is 6.10 Å². The van der Waals surface area contributed by atoms with Crippen molar-refractivity contribution in [2.45, 2.75) is 12.6 Å². The highest BCUT2D eigenvalue weighted by Gasteiger charge is 2.19. The van der Waals surface area contributed by atoms with Crippen molar-refractivity contribution < 1.29 is 4.74 Å². The number of rotatable bonds is 4. The molecule has 1 aliphatic rings. The summed E-state index contributed by atoms with van der Waals surface area (Å²) in [7, 11) is 2.14. The number of ether oxygens (including phenoxy) is 1. The molecule has 128 valence electrons. The number of likely N-dealkylation sites (N-methyl/N-ethyl adjacent to an activating group) is 1. The summed E-state index contributed by atoms with van der Waals surface area (Å²) >= 11 is 0. The van der Waals surface area contributed by atoms with Gasteiger partial charge < -0.3 is 14.2 Å². The summed E-state index contributed by atoms with van der Waals surface area (Å²) < 4.78 is 8.08. The molecule has 2 aromatic heterocycles. The summed E-state index contributed by atoms with van der Waals surface area (Å²) in [5, 5.41) is 0. The van der Waals surface area contributed by atoms with Crippen molar-refractivity contribution in [3.8, 4) is 22.5 Å². The number of aromatic nitrogens is 3. The number of hydrogen-bond acceptors (Lipinski definition) is 4. The lowest BCUT2D eigenvalue weighted by atomic mass is 10.1. The van der Waals surface area contributed by atoms with E-state index >= 15 is 0 Å². The van der Waals surface area contributed by atoms with Gasteiger partial charge in [-0.1, -0.05) is 30.3 Å². The van der Waals surface area contributed by atoms with Gasteiger partial charge in [-0.2, -0.15) is 0 Å². The van der Waals surface area contributed by atoms with Crippen LogP contribution < -0.4 is 0 Å². The third kappa shape index (κ3) is 3.62. The first-order valence-corrected chi connectivity index (χ1v) is 8.62. The quantitative estimate of drug-likeness (QED) is 0.736. The molecule has 4 rings (SSSR count). The van der Waals surface area contributed by atoms with Gasteiger partial charge in [0.2, 0.25) is 0 Å². The monoisotopic (exact) mass is 334 g/mol. The Kier molecular flexibility index (Phi) is 4.59. The van der Waals surface area contributed by atoms with Crippen molar-refractivity contribution in [2.75, 3.05) is 26.7 Å². The highest BCUT2D eigenvalue weighted by molar-refractivity contribution is 5.67. The maximum atomic E-state index is 5.89. The van der Waals surface area contributed by atoms with Gasteiger partial charge in [0.15, 0.2) is 0 Å². The molecule has 0 amide bonds. The molecule has 0 spiro atoms. The molecule has 5 heteroatoms. The number of nitrogens with zero attached hydrogens (tertiary/aromatic N) is 4. The van der Waals surface area contributed by atoms with Gasteiger partial charge >= 0.3 is 0 Å². The largest absolute Gasteiger partial charge is 0.374 e. The second-order valence-corrected chi connectivity index (χ2v) is 6.48. The smallest absolute Gasteiger partial charge is 0.139 e.